The second-order valence-electron chi connectivity index (χ2n) is 4.52. The summed E-state index contributed by atoms with van der Waals surface area (Å²) in [5, 5.41) is 3.47. The lowest BCUT2D eigenvalue weighted by Crippen LogP contribution is -2.32. The minimum absolute atomic E-state index is 0. The summed E-state index contributed by atoms with van der Waals surface area (Å²) in [7, 11) is 0. The number of halogens is 1. The molecule has 0 amide bonds. The minimum Gasteiger partial charge on any atom is -0.324 e. The van der Waals surface area contributed by atoms with Crippen LogP contribution in [0.5, 0.6) is 0 Å². The first-order valence-electron chi connectivity index (χ1n) is 6.00. The minimum atomic E-state index is 0. The first kappa shape index (κ1) is 12.4. The zero-order chi connectivity index (χ0) is 11.0. The van der Waals surface area contributed by atoms with Crippen LogP contribution in [-0.2, 0) is 0 Å². The molecule has 3 rings (SSSR count). The number of fused-ring (bicyclic) bond motifs is 1. The number of para-hydroxylation sites is 2. The summed E-state index contributed by atoms with van der Waals surface area (Å²) in [4.78, 5) is 4.62. The van der Waals surface area contributed by atoms with Crippen molar-refractivity contribution in [1.82, 2.24) is 14.9 Å². The summed E-state index contributed by atoms with van der Waals surface area (Å²) >= 11 is 0. The normalized spacial score (nSPS) is 20.2. The molecule has 17 heavy (non-hydrogen) atoms. The number of aromatic nitrogens is 2. The quantitative estimate of drug-likeness (QED) is 0.845. The maximum absolute atomic E-state index is 4.62. The molecule has 0 unspecified atom stereocenters. The molecule has 4 heteroatoms. The molecule has 3 nitrogen and oxygen atoms in total. The van der Waals surface area contributed by atoms with E-state index in [0.717, 1.165) is 24.4 Å². The van der Waals surface area contributed by atoms with E-state index in [1.165, 1.54) is 18.4 Å². The third-order valence-electron chi connectivity index (χ3n) is 3.41. The molecule has 0 radical (unpaired) electrons. The Balaban J connectivity index is 0.00000108. The van der Waals surface area contributed by atoms with Crippen molar-refractivity contribution in [3.05, 3.63) is 30.1 Å². The highest BCUT2D eigenvalue weighted by Crippen LogP contribution is 2.24. The number of imidazole rings is 1. The summed E-state index contributed by atoms with van der Waals surface area (Å²) in [6.45, 7) is 4.33. The Morgan fingerprint density at radius 3 is 2.94 bits per heavy atom. The Kier molecular flexibility index (Phi) is 3.69. The Labute approximate surface area is 108 Å². The second-order valence-corrected chi connectivity index (χ2v) is 4.52. The fraction of sp³-hybridized carbons (Fsp3) is 0.462. The standard InChI is InChI=1S/C13H17N3.ClH/c1-10-15-12-6-2-3-7-13(12)16(10)11-5-4-8-14-9-11;/h2-3,6-7,11,14H,4-5,8-9H2,1H3;1H/t11-;/m0./s1. The van der Waals surface area contributed by atoms with Crippen molar-refractivity contribution in [2.24, 2.45) is 0 Å². The number of benzene rings is 1. The fourth-order valence-corrected chi connectivity index (χ4v) is 2.68. The smallest absolute Gasteiger partial charge is 0.107 e. The molecule has 0 bridgehead atoms. The van der Waals surface area contributed by atoms with Crippen LogP contribution in [0.1, 0.15) is 24.7 Å². The molecule has 1 aromatic carbocycles. The van der Waals surface area contributed by atoms with E-state index in [2.05, 4.69) is 46.1 Å². The van der Waals surface area contributed by atoms with E-state index in [1.54, 1.807) is 0 Å². The van der Waals surface area contributed by atoms with Gasteiger partial charge in [0.1, 0.15) is 5.82 Å². The zero-order valence-corrected chi connectivity index (χ0v) is 10.8. The largest absolute Gasteiger partial charge is 0.324 e. The Morgan fingerprint density at radius 2 is 2.18 bits per heavy atom. The van der Waals surface area contributed by atoms with E-state index < -0.39 is 0 Å². The molecule has 92 valence electrons. The molecule has 1 atom stereocenters. The molecule has 1 saturated heterocycles. The van der Waals surface area contributed by atoms with Gasteiger partial charge >= 0.3 is 0 Å². The van der Waals surface area contributed by atoms with Gasteiger partial charge in [-0.05, 0) is 38.4 Å². The van der Waals surface area contributed by atoms with Gasteiger partial charge in [-0.15, -0.1) is 12.4 Å². The third kappa shape index (κ3) is 2.17. The van der Waals surface area contributed by atoms with Gasteiger partial charge in [-0.25, -0.2) is 4.98 Å². The number of rotatable bonds is 1. The van der Waals surface area contributed by atoms with Crippen molar-refractivity contribution in [3.8, 4) is 0 Å². The molecule has 1 fully saturated rings. The van der Waals surface area contributed by atoms with Crippen molar-refractivity contribution in [3.63, 3.8) is 0 Å². The Bertz CT molecular complexity index is 500. The first-order chi connectivity index (χ1) is 7.86. The van der Waals surface area contributed by atoms with Crippen molar-refractivity contribution in [2.45, 2.75) is 25.8 Å². The summed E-state index contributed by atoms with van der Waals surface area (Å²) in [6.07, 6.45) is 2.52. The van der Waals surface area contributed by atoms with Crippen molar-refractivity contribution >= 4 is 23.4 Å². The van der Waals surface area contributed by atoms with Gasteiger partial charge in [-0.2, -0.15) is 0 Å². The lowest BCUT2D eigenvalue weighted by molar-refractivity contribution is 0.373. The SMILES string of the molecule is Cc1nc2ccccc2n1[C@H]1CCCNC1.Cl. The summed E-state index contributed by atoms with van der Waals surface area (Å²) in [6, 6.07) is 8.98. The van der Waals surface area contributed by atoms with Crippen molar-refractivity contribution < 1.29 is 0 Å². The molecule has 0 aliphatic carbocycles. The lowest BCUT2D eigenvalue weighted by Gasteiger charge is -2.25. The van der Waals surface area contributed by atoms with Gasteiger partial charge in [-0.3, -0.25) is 0 Å². The summed E-state index contributed by atoms with van der Waals surface area (Å²) in [5.41, 5.74) is 2.39. The maximum atomic E-state index is 4.62. The second kappa shape index (κ2) is 5.07. The Morgan fingerprint density at radius 1 is 1.35 bits per heavy atom. The van der Waals surface area contributed by atoms with Crippen LogP contribution in [-0.4, -0.2) is 22.6 Å². The molecular formula is C13H18ClN3. The third-order valence-corrected chi connectivity index (χ3v) is 3.41. The van der Waals surface area contributed by atoms with Crippen LogP contribution in [0.3, 0.4) is 0 Å². The van der Waals surface area contributed by atoms with Crippen LogP contribution in [0.15, 0.2) is 24.3 Å². The van der Waals surface area contributed by atoms with E-state index in [-0.39, 0.29) is 12.4 Å². The lowest BCUT2D eigenvalue weighted by atomic mass is 10.1. The predicted octanol–water partition coefficient (Wildman–Crippen LogP) is 2.69. The molecule has 1 aliphatic heterocycles. The predicted molar refractivity (Wildman–Crippen MR) is 72.9 cm³/mol. The topological polar surface area (TPSA) is 29.9 Å². The van der Waals surface area contributed by atoms with Crippen LogP contribution in [0.2, 0.25) is 0 Å². The monoisotopic (exact) mass is 251 g/mol. The molecule has 0 saturated carbocycles. The number of hydrogen-bond acceptors (Lipinski definition) is 2. The molecule has 0 spiro atoms. The van der Waals surface area contributed by atoms with E-state index in [0.29, 0.717) is 6.04 Å². The highest BCUT2D eigenvalue weighted by atomic mass is 35.5. The van der Waals surface area contributed by atoms with Gasteiger partial charge in [0.25, 0.3) is 0 Å². The maximum Gasteiger partial charge on any atom is 0.107 e. The van der Waals surface area contributed by atoms with Crippen molar-refractivity contribution in [2.75, 3.05) is 13.1 Å². The first-order valence-corrected chi connectivity index (χ1v) is 6.00. The summed E-state index contributed by atoms with van der Waals surface area (Å²) in [5.74, 6) is 1.13. The average molecular weight is 252 g/mol. The van der Waals surface area contributed by atoms with Gasteiger partial charge in [0, 0.05) is 12.6 Å². The zero-order valence-electron chi connectivity index (χ0n) is 10.0. The van der Waals surface area contributed by atoms with Crippen LogP contribution in [0.25, 0.3) is 11.0 Å². The number of nitrogens with zero attached hydrogens (tertiary/aromatic N) is 2. The molecule has 1 N–H and O–H groups in total. The van der Waals surface area contributed by atoms with Gasteiger partial charge in [-0.1, -0.05) is 12.1 Å². The van der Waals surface area contributed by atoms with Gasteiger partial charge in [0.15, 0.2) is 0 Å². The molecule has 1 aliphatic rings. The van der Waals surface area contributed by atoms with Gasteiger partial charge < -0.3 is 9.88 Å². The van der Waals surface area contributed by atoms with E-state index >= 15 is 0 Å². The molecule has 2 heterocycles. The number of aryl methyl sites for hydroxylation is 1. The summed E-state index contributed by atoms with van der Waals surface area (Å²) < 4.78 is 2.39. The number of piperidine rings is 1. The number of hydrogen-bond donors (Lipinski definition) is 1. The number of nitrogens with one attached hydrogen (secondary N) is 1. The van der Waals surface area contributed by atoms with E-state index in [4.69, 9.17) is 0 Å². The van der Waals surface area contributed by atoms with Crippen LogP contribution in [0, 0.1) is 6.92 Å². The van der Waals surface area contributed by atoms with Gasteiger partial charge in [0.05, 0.1) is 11.0 Å². The van der Waals surface area contributed by atoms with Crippen molar-refractivity contribution in [1.29, 1.82) is 0 Å². The fourth-order valence-electron chi connectivity index (χ4n) is 2.68. The molecule has 1 aromatic heterocycles. The Hall–Kier alpha value is -1.06. The van der Waals surface area contributed by atoms with E-state index in [1.807, 2.05) is 0 Å². The van der Waals surface area contributed by atoms with Crippen LogP contribution in [0.4, 0.5) is 0 Å². The van der Waals surface area contributed by atoms with Crippen LogP contribution >= 0.6 is 12.4 Å². The highest BCUT2D eigenvalue weighted by Gasteiger charge is 2.18. The van der Waals surface area contributed by atoms with Crippen LogP contribution < -0.4 is 5.32 Å². The average Bonchev–Trinajstić information content (AvgIpc) is 2.66. The van der Waals surface area contributed by atoms with Gasteiger partial charge in [0.2, 0.25) is 0 Å². The molecular weight excluding hydrogens is 234 g/mol. The van der Waals surface area contributed by atoms with E-state index in [9.17, 15) is 0 Å². The highest BCUT2D eigenvalue weighted by molar-refractivity contribution is 5.85. The molecule has 2 aromatic rings.